The average Bonchev–Trinajstić information content (AvgIpc) is 3.22. The summed E-state index contributed by atoms with van der Waals surface area (Å²) >= 11 is 0. The van der Waals surface area contributed by atoms with Crippen LogP contribution < -0.4 is 0 Å². The molecule has 0 spiro atoms. The molecule has 1 aliphatic rings. The number of carbonyl (C=O) groups is 1. The fourth-order valence-electron chi connectivity index (χ4n) is 3.23. The number of nitrogens with one attached hydrogen (secondary N) is 1. The number of rotatable bonds is 6. The summed E-state index contributed by atoms with van der Waals surface area (Å²) in [5.74, 6) is 1.93. The van der Waals surface area contributed by atoms with Gasteiger partial charge in [-0.15, -0.1) is 0 Å². The molecule has 7 heteroatoms. The highest BCUT2D eigenvalue weighted by Crippen LogP contribution is 2.22. The molecule has 1 unspecified atom stereocenters. The van der Waals surface area contributed by atoms with Crippen LogP contribution in [0.2, 0.25) is 0 Å². The van der Waals surface area contributed by atoms with Gasteiger partial charge in [0.15, 0.2) is 5.82 Å². The van der Waals surface area contributed by atoms with E-state index in [1.54, 1.807) is 0 Å². The van der Waals surface area contributed by atoms with Crippen molar-refractivity contribution in [3.8, 4) is 0 Å². The third-order valence-corrected chi connectivity index (χ3v) is 4.68. The predicted octanol–water partition coefficient (Wildman–Crippen LogP) is 2.08. The van der Waals surface area contributed by atoms with Gasteiger partial charge in [-0.05, 0) is 37.7 Å². The minimum atomic E-state index is 0.178. The first-order valence-electron chi connectivity index (χ1n) is 8.73. The van der Waals surface area contributed by atoms with E-state index in [4.69, 9.17) is 4.52 Å². The number of aryl methyl sites for hydroxylation is 3. The highest BCUT2D eigenvalue weighted by atomic mass is 16.5. The van der Waals surface area contributed by atoms with Crippen molar-refractivity contribution in [2.24, 2.45) is 5.92 Å². The maximum atomic E-state index is 12.5. The van der Waals surface area contributed by atoms with Crippen LogP contribution in [0.5, 0.6) is 0 Å². The van der Waals surface area contributed by atoms with Gasteiger partial charge in [0.25, 0.3) is 0 Å². The van der Waals surface area contributed by atoms with E-state index in [0.29, 0.717) is 30.5 Å². The van der Waals surface area contributed by atoms with Crippen LogP contribution in [0.4, 0.5) is 0 Å². The van der Waals surface area contributed by atoms with Gasteiger partial charge in [0.05, 0.1) is 6.20 Å². The average molecular weight is 331 g/mol. The molecule has 24 heavy (non-hydrogen) atoms. The van der Waals surface area contributed by atoms with Gasteiger partial charge in [-0.1, -0.05) is 12.1 Å². The smallest absolute Gasteiger partial charge is 0.227 e. The summed E-state index contributed by atoms with van der Waals surface area (Å²) < 4.78 is 5.15. The molecule has 0 bridgehead atoms. The lowest BCUT2D eigenvalue weighted by atomic mass is 9.92. The lowest BCUT2D eigenvalue weighted by molar-refractivity contribution is -0.133. The van der Waals surface area contributed by atoms with Crippen molar-refractivity contribution in [3.63, 3.8) is 0 Å². The fourth-order valence-corrected chi connectivity index (χ4v) is 3.23. The monoisotopic (exact) mass is 331 g/mol. The van der Waals surface area contributed by atoms with Crippen molar-refractivity contribution in [2.45, 2.75) is 52.4 Å². The molecule has 0 saturated carbocycles. The number of aromatic amines is 1. The number of nitrogens with zero attached hydrogens (tertiary/aromatic N) is 4. The minimum Gasteiger partial charge on any atom is -0.342 e. The van der Waals surface area contributed by atoms with Gasteiger partial charge in [0.1, 0.15) is 0 Å². The van der Waals surface area contributed by atoms with E-state index in [1.165, 1.54) is 11.3 Å². The zero-order valence-electron chi connectivity index (χ0n) is 14.4. The molecule has 1 fully saturated rings. The molecule has 2 aromatic heterocycles. The summed E-state index contributed by atoms with van der Waals surface area (Å²) in [6, 6.07) is 0. The summed E-state index contributed by atoms with van der Waals surface area (Å²) in [6.45, 7) is 5.72. The Morgan fingerprint density at radius 2 is 2.38 bits per heavy atom. The molecule has 3 heterocycles. The third-order valence-electron chi connectivity index (χ3n) is 4.68. The number of H-pyrrole nitrogens is 1. The lowest BCUT2D eigenvalue weighted by Crippen LogP contribution is -2.40. The second kappa shape index (κ2) is 7.59. The number of hydrogen-bond donors (Lipinski definition) is 1. The fraction of sp³-hybridized carbons (Fsp3) is 0.647. The van der Waals surface area contributed by atoms with Crippen molar-refractivity contribution in [2.75, 3.05) is 13.1 Å². The Morgan fingerprint density at radius 3 is 3.08 bits per heavy atom. The molecule has 1 atom stereocenters. The molecule has 1 saturated heterocycles. The van der Waals surface area contributed by atoms with Gasteiger partial charge in [-0.25, -0.2) is 0 Å². The number of likely N-dealkylation sites (tertiary alicyclic amines) is 1. The topological polar surface area (TPSA) is 87.9 Å². The third kappa shape index (κ3) is 4.01. The number of carbonyl (C=O) groups excluding carboxylic acids is 1. The molecule has 7 nitrogen and oxygen atoms in total. The van der Waals surface area contributed by atoms with Crippen molar-refractivity contribution in [1.29, 1.82) is 0 Å². The van der Waals surface area contributed by atoms with E-state index in [-0.39, 0.29) is 5.91 Å². The number of hydrogen-bond acceptors (Lipinski definition) is 5. The Bertz CT molecular complexity index is 678. The molecule has 0 radical (unpaired) electrons. The van der Waals surface area contributed by atoms with E-state index < -0.39 is 0 Å². The summed E-state index contributed by atoms with van der Waals surface area (Å²) in [4.78, 5) is 18.7. The molecule has 1 amide bonds. The first-order valence-corrected chi connectivity index (χ1v) is 8.73. The van der Waals surface area contributed by atoms with Gasteiger partial charge in [-0.2, -0.15) is 10.1 Å². The van der Waals surface area contributed by atoms with Gasteiger partial charge in [0.2, 0.25) is 11.8 Å². The van der Waals surface area contributed by atoms with Crippen molar-refractivity contribution in [3.05, 3.63) is 29.2 Å². The van der Waals surface area contributed by atoms with E-state index in [9.17, 15) is 4.79 Å². The van der Waals surface area contributed by atoms with E-state index in [1.807, 2.05) is 18.0 Å². The first-order chi connectivity index (χ1) is 11.7. The number of aromatic nitrogens is 4. The summed E-state index contributed by atoms with van der Waals surface area (Å²) in [6.07, 6.45) is 6.73. The van der Waals surface area contributed by atoms with E-state index in [0.717, 1.165) is 38.8 Å². The van der Waals surface area contributed by atoms with Crippen LogP contribution >= 0.6 is 0 Å². The van der Waals surface area contributed by atoms with Gasteiger partial charge in [0, 0.05) is 38.0 Å². The normalized spacial score (nSPS) is 18.1. The van der Waals surface area contributed by atoms with Crippen LogP contribution in [-0.2, 0) is 24.1 Å². The second-order valence-electron chi connectivity index (χ2n) is 6.54. The zero-order chi connectivity index (χ0) is 16.9. The van der Waals surface area contributed by atoms with Crippen molar-refractivity contribution < 1.29 is 9.32 Å². The van der Waals surface area contributed by atoms with Gasteiger partial charge >= 0.3 is 0 Å². The molecular formula is C17H25N5O2. The molecule has 0 aliphatic carbocycles. The van der Waals surface area contributed by atoms with Crippen molar-refractivity contribution >= 4 is 5.91 Å². The SMILES string of the molecule is CCc1noc(CCC(=O)N2CCCC(Cc3[nH]ncc3C)C2)n1. The highest BCUT2D eigenvalue weighted by Gasteiger charge is 2.24. The predicted molar refractivity (Wildman–Crippen MR) is 88.3 cm³/mol. The van der Waals surface area contributed by atoms with Crippen LogP contribution in [0.1, 0.15) is 49.2 Å². The second-order valence-corrected chi connectivity index (χ2v) is 6.54. The van der Waals surface area contributed by atoms with Crippen LogP contribution in [0, 0.1) is 12.8 Å². The Morgan fingerprint density at radius 1 is 1.50 bits per heavy atom. The summed E-state index contributed by atoms with van der Waals surface area (Å²) in [5, 5.41) is 11.0. The minimum absolute atomic E-state index is 0.178. The maximum absolute atomic E-state index is 12.5. The van der Waals surface area contributed by atoms with Gasteiger partial charge in [-0.3, -0.25) is 9.89 Å². The van der Waals surface area contributed by atoms with E-state index in [2.05, 4.69) is 27.3 Å². The number of piperidine rings is 1. The van der Waals surface area contributed by atoms with Crippen LogP contribution in [0.3, 0.4) is 0 Å². The molecular weight excluding hydrogens is 306 g/mol. The van der Waals surface area contributed by atoms with E-state index >= 15 is 0 Å². The number of amides is 1. The van der Waals surface area contributed by atoms with Gasteiger partial charge < -0.3 is 9.42 Å². The Hall–Kier alpha value is -2.18. The Balaban J connectivity index is 1.50. The first kappa shape index (κ1) is 16.7. The highest BCUT2D eigenvalue weighted by molar-refractivity contribution is 5.76. The van der Waals surface area contributed by atoms with Crippen LogP contribution in [0.25, 0.3) is 0 Å². The van der Waals surface area contributed by atoms with Crippen LogP contribution in [-0.4, -0.2) is 44.2 Å². The molecule has 2 aromatic rings. The molecule has 1 N–H and O–H groups in total. The summed E-state index contributed by atoms with van der Waals surface area (Å²) in [7, 11) is 0. The van der Waals surface area contributed by atoms with Crippen molar-refractivity contribution in [1.82, 2.24) is 25.2 Å². The standard InChI is InChI=1S/C17H25N5O2/c1-3-15-19-16(24-21-15)6-7-17(23)22-8-4-5-13(11-22)9-14-12(2)10-18-20-14/h10,13H,3-9,11H2,1-2H3,(H,18,20). The Kier molecular flexibility index (Phi) is 5.27. The van der Waals surface area contributed by atoms with Crippen LogP contribution in [0.15, 0.2) is 10.7 Å². The molecule has 1 aliphatic heterocycles. The maximum Gasteiger partial charge on any atom is 0.227 e. The molecule has 3 rings (SSSR count). The largest absolute Gasteiger partial charge is 0.342 e. The summed E-state index contributed by atoms with van der Waals surface area (Å²) in [5.41, 5.74) is 2.38. The molecule has 0 aromatic carbocycles. The molecule has 130 valence electrons. The zero-order valence-corrected chi connectivity index (χ0v) is 14.4. The quantitative estimate of drug-likeness (QED) is 0.875. The lowest BCUT2D eigenvalue weighted by Gasteiger charge is -2.32. The Labute approximate surface area is 141 Å².